The number of fused-ring (bicyclic) bond motifs is 3. The number of rotatable bonds is 5. The smallest absolute Gasteiger partial charge is 0.326 e. The second-order valence-corrected chi connectivity index (χ2v) is 9.67. The summed E-state index contributed by atoms with van der Waals surface area (Å²) in [5.74, 6) is -0.965. The zero-order valence-electron chi connectivity index (χ0n) is 19.8. The molecule has 0 radical (unpaired) electrons. The standard InChI is InChI=1S/C24H26F2N8O2/c1-11(35)20-29-7-12(8-30-20)36-23-32-21-17(16-18(26)13(25)6-14(28-2)19(16)31-21)22(33-23)34-9-24(10-34)5-3-4-15(24)27/h6-8,11,15,28,35H,3-5,9-10,27H2,1-2H3,(H,31,32,33). The lowest BCUT2D eigenvalue weighted by Crippen LogP contribution is -2.62. The SMILES string of the molecule is CNc1cc(F)c(F)c2c1[nH]c1nc(Oc3cnc(C(C)O)nc3)nc(N3CC4(CCCC4N)C3)c12. The van der Waals surface area contributed by atoms with Crippen LogP contribution in [0, 0.1) is 17.0 Å². The van der Waals surface area contributed by atoms with Crippen LogP contribution in [0.5, 0.6) is 11.8 Å². The number of aliphatic hydroxyl groups excluding tert-OH is 1. The molecule has 1 spiro atoms. The van der Waals surface area contributed by atoms with E-state index in [0.717, 1.165) is 25.3 Å². The van der Waals surface area contributed by atoms with E-state index in [1.807, 2.05) is 4.90 Å². The van der Waals surface area contributed by atoms with Crippen molar-refractivity contribution >= 4 is 33.4 Å². The molecule has 5 N–H and O–H groups in total. The van der Waals surface area contributed by atoms with Crippen molar-refractivity contribution in [3.8, 4) is 11.8 Å². The van der Waals surface area contributed by atoms with Crippen LogP contribution in [0.4, 0.5) is 20.3 Å². The van der Waals surface area contributed by atoms with Crippen molar-refractivity contribution < 1.29 is 18.6 Å². The lowest BCUT2D eigenvalue weighted by Gasteiger charge is -2.51. The molecule has 4 aromatic rings. The molecule has 10 nitrogen and oxygen atoms in total. The first-order valence-corrected chi connectivity index (χ1v) is 11.9. The van der Waals surface area contributed by atoms with Crippen molar-refractivity contribution in [2.24, 2.45) is 11.1 Å². The van der Waals surface area contributed by atoms with Gasteiger partial charge >= 0.3 is 6.01 Å². The maximum Gasteiger partial charge on any atom is 0.326 e. The van der Waals surface area contributed by atoms with Crippen LogP contribution in [0.3, 0.4) is 0 Å². The van der Waals surface area contributed by atoms with Crippen LogP contribution in [-0.2, 0) is 0 Å². The molecule has 3 aromatic heterocycles. The number of hydrogen-bond donors (Lipinski definition) is 4. The maximum atomic E-state index is 15.2. The van der Waals surface area contributed by atoms with Gasteiger partial charge in [-0.1, -0.05) is 6.42 Å². The van der Waals surface area contributed by atoms with Crippen LogP contribution in [0.1, 0.15) is 38.1 Å². The van der Waals surface area contributed by atoms with Gasteiger partial charge in [0.1, 0.15) is 17.6 Å². The average molecular weight is 497 g/mol. The van der Waals surface area contributed by atoms with Crippen LogP contribution in [0.2, 0.25) is 0 Å². The highest BCUT2D eigenvalue weighted by Gasteiger charge is 2.51. The molecule has 2 unspecified atom stereocenters. The molecule has 36 heavy (non-hydrogen) atoms. The number of aliphatic hydroxyl groups is 1. The van der Waals surface area contributed by atoms with Crippen LogP contribution < -0.4 is 20.7 Å². The summed E-state index contributed by atoms with van der Waals surface area (Å²) >= 11 is 0. The summed E-state index contributed by atoms with van der Waals surface area (Å²) in [4.78, 5) is 22.4. The van der Waals surface area contributed by atoms with E-state index in [2.05, 4.69) is 30.2 Å². The Kier molecular flexibility index (Phi) is 5.20. The van der Waals surface area contributed by atoms with Gasteiger partial charge in [0.15, 0.2) is 23.2 Å². The molecule has 188 valence electrons. The van der Waals surface area contributed by atoms with Gasteiger partial charge in [0.05, 0.1) is 34.4 Å². The van der Waals surface area contributed by atoms with E-state index >= 15 is 4.39 Å². The van der Waals surface area contributed by atoms with E-state index in [1.54, 1.807) is 14.0 Å². The van der Waals surface area contributed by atoms with E-state index in [1.165, 1.54) is 12.4 Å². The third kappa shape index (κ3) is 3.43. The van der Waals surface area contributed by atoms with Crippen molar-refractivity contribution in [3.05, 3.63) is 35.9 Å². The molecule has 1 aliphatic heterocycles. The van der Waals surface area contributed by atoms with Gasteiger partial charge < -0.3 is 30.8 Å². The highest BCUT2D eigenvalue weighted by Crippen LogP contribution is 2.48. The largest absolute Gasteiger partial charge is 0.421 e. The van der Waals surface area contributed by atoms with E-state index in [9.17, 15) is 9.50 Å². The molecule has 1 aromatic carbocycles. The monoisotopic (exact) mass is 496 g/mol. The van der Waals surface area contributed by atoms with Gasteiger partial charge in [-0.25, -0.2) is 18.7 Å². The normalized spacial score (nSPS) is 19.7. The number of aromatic nitrogens is 5. The Labute approximate surface area is 204 Å². The van der Waals surface area contributed by atoms with E-state index < -0.39 is 17.7 Å². The molecule has 0 bridgehead atoms. The summed E-state index contributed by atoms with van der Waals surface area (Å²) in [6, 6.07) is 1.20. The number of ether oxygens (including phenoxy) is 1. The predicted octanol–water partition coefficient (Wildman–Crippen LogP) is 3.38. The van der Waals surface area contributed by atoms with Gasteiger partial charge in [-0.05, 0) is 19.8 Å². The van der Waals surface area contributed by atoms with E-state index in [4.69, 9.17) is 10.5 Å². The number of nitrogens with zero attached hydrogens (tertiary/aromatic N) is 5. The Morgan fingerprint density at radius 3 is 2.64 bits per heavy atom. The number of nitrogens with two attached hydrogens (primary N) is 1. The van der Waals surface area contributed by atoms with Gasteiger partial charge in [-0.15, -0.1) is 0 Å². The van der Waals surface area contributed by atoms with Crippen LogP contribution in [-0.4, -0.2) is 56.2 Å². The Morgan fingerprint density at radius 2 is 2.00 bits per heavy atom. The molecule has 2 fully saturated rings. The lowest BCUT2D eigenvalue weighted by atomic mass is 9.75. The number of nitrogens with one attached hydrogen (secondary N) is 2. The van der Waals surface area contributed by atoms with Gasteiger partial charge in [0.25, 0.3) is 0 Å². The number of hydrogen-bond acceptors (Lipinski definition) is 9. The Bertz CT molecular complexity index is 1470. The highest BCUT2D eigenvalue weighted by molar-refractivity contribution is 6.15. The zero-order valence-corrected chi connectivity index (χ0v) is 19.8. The third-order valence-electron chi connectivity index (χ3n) is 7.37. The van der Waals surface area contributed by atoms with Crippen molar-refractivity contribution in [1.29, 1.82) is 0 Å². The van der Waals surface area contributed by atoms with Crippen LogP contribution >= 0.6 is 0 Å². The second kappa shape index (κ2) is 8.20. The fourth-order valence-electron chi connectivity index (χ4n) is 5.45. The summed E-state index contributed by atoms with van der Waals surface area (Å²) in [6.07, 6.45) is 5.08. The van der Waals surface area contributed by atoms with Gasteiger partial charge in [0, 0.05) is 37.7 Å². The number of H-pyrrole nitrogens is 1. The van der Waals surface area contributed by atoms with Crippen molar-refractivity contribution in [3.63, 3.8) is 0 Å². The molecule has 12 heteroatoms. The maximum absolute atomic E-state index is 15.2. The summed E-state index contributed by atoms with van der Waals surface area (Å²) in [7, 11) is 1.64. The first kappa shape index (κ1) is 22.8. The van der Waals surface area contributed by atoms with Crippen molar-refractivity contribution in [2.45, 2.75) is 38.3 Å². The van der Waals surface area contributed by atoms with E-state index in [0.29, 0.717) is 41.1 Å². The first-order chi connectivity index (χ1) is 17.3. The minimum Gasteiger partial charge on any atom is -0.421 e. The third-order valence-corrected chi connectivity index (χ3v) is 7.37. The molecular weight excluding hydrogens is 470 g/mol. The molecule has 2 atom stereocenters. The molecule has 1 saturated heterocycles. The molecular formula is C24H26F2N8O2. The van der Waals surface area contributed by atoms with Crippen LogP contribution in [0.15, 0.2) is 18.5 Å². The van der Waals surface area contributed by atoms with E-state index in [-0.39, 0.29) is 34.4 Å². The van der Waals surface area contributed by atoms with Gasteiger partial charge in [-0.3, -0.25) is 0 Å². The van der Waals surface area contributed by atoms with Crippen molar-refractivity contribution in [2.75, 3.05) is 30.4 Å². The summed E-state index contributed by atoms with van der Waals surface area (Å²) < 4.78 is 35.5. The quantitative estimate of drug-likeness (QED) is 0.327. The molecule has 0 amide bonds. The van der Waals surface area contributed by atoms with Gasteiger partial charge in [0.2, 0.25) is 0 Å². The molecule has 2 aliphatic rings. The minimum atomic E-state index is -0.969. The second-order valence-electron chi connectivity index (χ2n) is 9.67. The van der Waals surface area contributed by atoms with Gasteiger partial charge in [-0.2, -0.15) is 9.97 Å². The fraction of sp³-hybridized carbons (Fsp3) is 0.417. The summed E-state index contributed by atoms with van der Waals surface area (Å²) in [5, 5.41) is 13.0. The van der Waals surface area contributed by atoms with Crippen LogP contribution in [0.25, 0.3) is 21.9 Å². The molecule has 6 rings (SSSR count). The first-order valence-electron chi connectivity index (χ1n) is 11.9. The van der Waals surface area contributed by atoms with Crippen molar-refractivity contribution in [1.82, 2.24) is 24.9 Å². The molecule has 1 aliphatic carbocycles. The number of benzene rings is 1. The number of anilines is 2. The zero-order chi connectivity index (χ0) is 25.2. The Morgan fingerprint density at radius 1 is 1.25 bits per heavy atom. The summed E-state index contributed by atoms with van der Waals surface area (Å²) in [5.41, 5.74) is 7.49. The predicted molar refractivity (Wildman–Crippen MR) is 130 cm³/mol. The Balaban J connectivity index is 1.48. The number of halogens is 2. The highest BCUT2D eigenvalue weighted by atomic mass is 19.2. The lowest BCUT2D eigenvalue weighted by molar-refractivity contribution is 0.188. The number of aromatic amines is 1. The minimum absolute atomic E-state index is 0.000936. The average Bonchev–Trinajstić information content (AvgIpc) is 3.41. The topological polar surface area (TPSA) is 138 Å². The Hall–Kier alpha value is -3.64. The summed E-state index contributed by atoms with van der Waals surface area (Å²) in [6.45, 7) is 2.88. The fourth-order valence-corrected chi connectivity index (χ4v) is 5.45. The molecule has 4 heterocycles. The molecule has 1 saturated carbocycles.